The lowest BCUT2D eigenvalue weighted by atomic mass is 10.1. The van der Waals surface area contributed by atoms with Crippen LogP contribution in [0.3, 0.4) is 0 Å². The third-order valence-corrected chi connectivity index (χ3v) is 7.82. The minimum absolute atomic E-state index is 0.108. The number of carbonyl (C=O) groups excluding carboxylic acids is 1. The number of halogens is 1. The Hall–Kier alpha value is -2.61. The number of ketones is 1. The summed E-state index contributed by atoms with van der Waals surface area (Å²) < 4.78 is 28.1. The van der Waals surface area contributed by atoms with Crippen molar-refractivity contribution >= 4 is 50.1 Å². The van der Waals surface area contributed by atoms with Crippen molar-refractivity contribution in [1.82, 2.24) is 0 Å². The van der Waals surface area contributed by atoms with Crippen LogP contribution in [0.25, 0.3) is 0 Å². The number of sulfonamides is 1. The molecule has 0 amide bonds. The number of rotatable bonds is 4. The Balaban J connectivity index is 1.75. The zero-order valence-electron chi connectivity index (χ0n) is 16.3. The lowest BCUT2D eigenvalue weighted by molar-refractivity contribution is 0.104. The van der Waals surface area contributed by atoms with Crippen molar-refractivity contribution < 1.29 is 13.2 Å². The predicted molar refractivity (Wildman–Crippen MR) is 123 cm³/mol. The van der Waals surface area contributed by atoms with E-state index >= 15 is 0 Å². The molecule has 5 nitrogen and oxygen atoms in total. The minimum atomic E-state index is -4.04. The first kappa shape index (κ1) is 20.7. The Morgan fingerprint density at radius 1 is 1.10 bits per heavy atom. The van der Waals surface area contributed by atoms with E-state index in [9.17, 15) is 13.2 Å². The van der Waals surface area contributed by atoms with Gasteiger partial charge in [-0.1, -0.05) is 35.9 Å². The number of nitrogens with zero attached hydrogens (tertiary/aromatic N) is 1. The Labute approximate surface area is 184 Å². The SMILES string of the molecule is Cc1ccc(C)c(NC=C2C(=O)c3sccc3N(Cc3ccc(Cl)cc3)S2(=O)=O)c1. The molecule has 0 bridgehead atoms. The van der Waals surface area contributed by atoms with E-state index in [4.69, 9.17) is 11.6 Å². The van der Waals surface area contributed by atoms with E-state index in [2.05, 4.69) is 5.32 Å². The number of Topliss-reactive ketones (excluding diaryl/α,β-unsaturated/α-hetero) is 1. The van der Waals surface area contributed by atoms with Crippen LogP contribution in [-0.4, -0.2) is 14.2 Å². The second-order valence-corrected chi connectivity index (χ2v) is 10.3. The van der Waals surface area contributed by atoms with Crippen molar-refractivity contribution in [2.24, 2.45) is 0 Å². The molecule has 1 aliphatic heterocycles. The number of aryl methyl sites for hydroxylation is 2. The predicted octanol–water partition coefficient (Wildman–Crippen LogP) is 5.50. The zero-order valence-corrected chi connectivity index (χ0v) is 18.7. The Bertz CT molecular complexity index is 1260. The first-order valence-electron chi connectivity index (χ1n) is 9.21. The van der Waals surface area contributed by atoms with Crippen LogP contribution in [0.15, 0.2) is 65.0 Å². The summed E-state index contributed by atoms with van der Waals surface area (Å²) in [7, 11) is -4.04. The first-order valence-corrected chi connectivity index (χ1v) is 11.9. The zero-order chi connectivity index (χ0) is 21.5. The molecule has 0 saturated heterocycles. The van der Waals surface area contributed by atoms with E-state index in [0.717, 1.165) is 22.4 Å². The normalized spacial score (nSPS) is 16.6. The summed E-state index contributed by atoms with van der Waals surface area (Å²) in [5.74, 6) is -0.495. The summed E-state index contributed by atoms with van der Waals surface area (Å²) in [6, 6.07) is 14.5. The highest BCUT2D eigenvalue weighted by atomic mass is 35.5. The molecule has 30 heavy (non-hydrogen) atoms. The molecule has 154 valence electrons. The summed E-state index contributed by atoms with van der Waals surface area (Å²) in [4.78, 5) is 13.1. The molecule has 0 aliphatic carbocycles. The lowest BCUT2D eigenvalue weighted by Gasteiger charge is -2.29. The van der Waals surface area contributed by atoms with Gasteiger partial charge in [0.1, 0.15) is 4.88 Å². The molecular formula is C22H19ClN2O3S2. The highest BCUT2D eigenvalue weighted by molar-refractivity contribution is 7.97. The molecule has 8 heteroatoms. The van der Waals surface area contributed by atoms with Crippen LogP contribution in [-0.2, 0) is 16.6 Å². The summed E-state index contributed by atoms with van der Waals surface area (Å²) in [6.07, 6.45) is 1.30. The molecule has 0 radical (unpaired) electrons. The lowest BCUT2D eigenvalue weighted by Crippen LogP contribution is -2.38. The van der Waals surface area contributed by atoms with Crippen LogP contribution in [0.1, 0.15) is 26.4 Å². The Morgan fingerprint density at radius 2 is 1.83 bits per heavy atom. The van der Waals surface area contributed by atoms with Gasteiger partial charge in [0.2, 0.25) is 5.78 Å². The van der Waals surface area contributed by atoms with Gasteiger partial charge >= 0.3 is 0 Å². The van der Waals surface area contributed by atoms with Gasteiger partial charge in [0, 0.05) is 16.9 Å². The fraction of sp³-hybridized carbons (Fsp3) is 0.136. The third-order valence-electron chi connectivity index (χ3n) is 4.90. The largest absolute Gasteiger partial charge is 0.360 e. The van der Waals surface area contributed by atoms with Gasteiger partial charge in [0.15, 0.2) is 4.91 Å². The highest BCUT2D eigenvalue weighted by Crippen LogP contribution is 2.39. The number of hydrogen-bond donors (Lipinski definition) is 1. The second-order valence-electron chi connectivity index (χ2n) is 7.07. The van der Waals surface area contributed by atoms with E-state index in [1.165, 1.54) is 21.8 Å². The summed E-state index contributed by atoms with van der Waals surface area (Å²) >= 11 is 7.18. The minimum Gasteiger partial charge on any atom is -0.360 e. The van der Waals surface area contributed by atoms with Gasteiger partial charge in [-0.2, -0.15) is 0 Å². The van der Waals surface area contributed by atoms with Crippen LogP contribution in [0, 0.1) is 13.8 Å². The molecule has 1 aromatic heterocycles. The fourth-order valence-corrected chi connectivity index (χ4v) is 5.86. The number of carbonyl (C=O) groups is 1. The molecule has 4 rings (SSSR count). The molecule has 2 heterocycles. The van der Waals surface area contributed by atoms with Crippen molar-refractivity contribution in [3.8, 4) is 0 Å². The third kappa shape index (κ3) is 3.76. The van der Waals surface area contributed by atoms with E-state index < -0.39 is 15.8 Å². The molecule has 0 spiro atoms. The van der Waals surface area contributed by atoms with E-state index in [1.807, 2.05) is 32.0 Å². The molecule has 0 atom stereocenters. The molecular weight excluding hydrogens is 440 g/mol. The molecule has 1 aliphatic rings. The van der Waals surface area contributed by atoms with Gasteiger partial charge in [0.25, 0.3) is 10.0 Å². The molecule has 0 fully saturated rings. The van der Waals surface area contributed by atoms with Crippen LogP contribution < -0.4 is 9.62 Å². The second kappa shape index (κ2) is 7.91. The Morgan fingerprint density at radius 3 is 2.57 bits per heavy atom. The maximum atomic E-state index is 13.4. The number of benzene rings is 2. The van der Waals surface area contributed by atoms with Crippen molar-refractivity contribution in [3.63, 3.8) is 0 Å². The standard InChI is InChI=1S/C22H19ClN2O3S2/c1-14-3-4-15(2)18(11-14)24-12-20-21(26)22-19(9-10-29-22)25(30(20,27)28)13-16-5-7-17(23)8-6-16/h3-12,24H,13H2,1-2H3. The van der Waals surface area contributed by atoms with Crippen molar-refractivity contribution in [2.75, 3.05) is 9.62 Å². The van der Waals surface area contributed by atoms with Gasteiger partial charge in [-0.25, -0.2) is 8.42 Å². The number of allylic oxidation sites excluding steroid dienone is 1. The molecule has 0 saturated carbocycles. The monoisotopic (exact) mass is 458 g/mol. The van der Waals surface area contributed by atoms with E-state index in [1.54, 1.807) is 35.7 Å². The van der Waals surface area contributed by atoms with Gasteiger partial charge in [-0.05, 0) is 60.2 Å². The molecule has 2 aromatic carbocycles. The molecule has 3 aromatic rings. The number of fused-ring (bicyclic) bond motifs is 1. The molecule has 1 N–H and O–H groups in total. The fourth-order valence-electron chi connectivity index (χ4n) is 3.25. The van der Waals surface area contributed by atoms with Gasteiger partial charge in [0.05, 0.1) is 12.2 Å². The number of hydrogen-bond acceptors (Lipinski definition) is 5. The van der Waals surface area contributed by atoms with E-state index in [-0.39, 0.29) is 11.4 Å². The summed E-state index contributed by atoms with van der Waals surface area (Å²) in [5.41, 5.74) is 3.92. The number of anilines is 2. The topological polar surface area (TPSA) is 66.5 Å². The quantitative estimate of drug-likeness (QED) is 0.524. The first-order chi connectivity index (χ1) is 14.3. The maximum absolute atomic E-state index is 13.4. The van der Waals surface area contributed by atoms with Crippen LogP contribution >= 0.6 is 22.9 Å². The van der Waals surface area contributed by atoms with Crippen LogP contribution in [0.5, 0.6) is 0 Å². The average molecular weight is 459 g/mol. The Kier molecular flexibility index (Phi) is 5.44. The van der Waals surface area contributed by atoms with Crippen LogP contribution in [0.2, 0.25) is 5.02 Å². The van der Waals surface area contributed by atoms with E-state index in [0.29, 0.717) is 15.6 Å². The van der Waals surface area contributed by atoms with Crippen LogP contribution in [0.4, 0.5) is 11.4 Å². The van der Waals surface area contributed by atoms with Gasteiger partial charge in [-0.3, -0.25) is 9.10 Å². The van der Waals surface area contributed by atoms with Crippen molar-refractivity contribution in [2.45, 2.75) is 20.4 Å². The highest BCUT2D eigenvalue weighted by Gasteiger charge is 2.41. The number of nitrogens with one attached hydrogen (secondary N) is 1. The van der Waals surface area contributed by atoms with Gasteiger partial charge < -0.3 is 5.32 Å². The van der Waals surface area contributed by atoms with Gasteiger partial charge in [-0.15, -0.1) is 11.3 Å². The molecule has 0 unspecified atom stereocenters. The summed E-state index contributed by atoms with van der Waals surface area (Å²) in [5, 5.41) is 5.33. The smallest absolute Gasteiger partial charge is 0.270 e. The maximum Gasteiger partial charge on any atom is 0.270 e. The average Bonchev–Trinajstić information content (AvgIpc) is 3.18. The van der Waals surface area contributed by atoms with Crippen molar-refractivity contribution in [3.05, 3.63) is 91.6 Å². The van der Waals surface area contributed by atoms with Crippen molar-refractivity contribution in [1.29, 1.82) is 0 Å². The summed E-state index contributed by atoms with van der Waals surface area (Å²) in [6.45, 7) is 3.98. The number of thiophene rings is 1.